The number of nitriles is 2. The molecule has 0 amide bonds. The van der Waals surface area contributed by atoms with E-state index in [4.69, 9.17) is 0 Å². The zero-order valence-corrected chi connectivity index (χ0v) is 20.4. The molecule has 5 heteroatoms. The zero-order valence-electron chi connectivity index (χ0n) is 20.4. The number of nitrogens with zero attached hydrogens (tertiary/aromatic N) is 4. The predicted molar refractivity (Wildman–Crippen MR) is 140 cm³/mol. The summed E-state index contributed by atoms with van der Waals surface area (Å²) < 4.78 is 0. The normalized spacial score (nSPS) is 11.8. The molecule has 0 spiro atoms. The maximum Gasteiger partial charge on any atom is 0.150 e. The molecule has 0 fully saturated rings. The first kappa shape index (κ1) is 25.1. The highest BCUT2D eigenvalue weighted by Gasteiger charge is 2.28. The van der Waals surface area contributed by atoms with Gasteiger partial charge in [-0.3, -0.25) is 4.79 Å². The van der Waals surface area contributed by atoms with Gasteiger partial charge in [-0.2, -0.15) is 10.5 Å². The lowest BCUT2D eigenvalue weighted by molar-refractivity contribution is 0.112. The van der Waals surface area contributed by atoms with E-state index in [-0.39, 0.29) is 5.57 Å². The van der Waals surface area contributed by atoms with Crippen molar-refractivity contribution in [3.8, 4) is 12.1 Å². The van der Waals surface area contributed by atoms with Crippen molar-refractivity contribution in [2.75, 3.05) is 22.9 Å². The molecular weight excluding hydrogens is 420 g/mol. The fourth-order valence-corrected chi connectivity index (χ4v) is 4.52. The van der Waals surface area contributed by atoms with E-state index in [1.165, 1.54) is 32.1 Å². The fourth-order valence-electron chi connectivity index (χ4n) is 4.52. The Labute approximate surface area is 203 Å². The van der Waals surface area contributed by atoms with Gasteiger partial charge >= 0.3 is 0 Å². The van der Waals surface area contributed by atoms with E-state index in [1.54, 1.807) is 6.08 Å². The van der Waals surface area contributed by atoms with Crippen molar-refractivity contribution in [3.05, 3.63) is 53.1 Å². The minimum absolute atomic E-state index is 0.0951. The van der Waals surface area contributed by atoms with E-state index in [2.05, 4.69) is 41.8 Å². The summed E-state index contributed by atoms with van der Waals surface area (Å²) in [6.07, 6.45) is 11.8. The molecule has 1 aliphatic rings. The summed E-state index contributed by atoms with van der Waals surface area (Å²) in [7, 11) is 0. The maximum absolute atomic E-state index is 11.6. The van der Waals surface area contributed by atoms with Crippen LogP contribution in [0.3, 0.4) is 0 Å². The minimum Gasteiger partial charge on any atom is -0.338 e. The van der Waals surface area contributed by atoms with Gasteiger partial charge in [-0.25, -0.2) is 0 Å². The van der Waals surface area contributed by atoms with Crippen molar-refractivity contribution in [1.29, 1.82) is 10.5 Å². The van der Waals surface area contributed by atoms with Crippen LogP contribution in [-0.4, -0.2) is 19.4 Å². The van der Waals surface area contributed by atoms with E-state index in [1.807, 2.05) is 30.3 Å². The van der Waals surface area contributed by atoms with Crippen molar-refractivity contribution in [2.45, 2.75) is 65.2 Å². The van der Waals surface area contributed by atoms with Gasteiger partial charge in [-0.15, -0.1) is 0 Å². The van der Waals surface area contributed by atoms with Crippen LogP contribution in [0.15, 0.2) is 42.0 Å². The van der Waals surface area contributed by atoms with E-state index < -0.39 is 0 Å². The van der Waals surface area contributed by atoms with Crippen LogP contribution in [0.5, 0.6) is 0 Å². The molecule has 0 atom stereocenters. The standard InChI is InChI=1S/C29H34N4O/c1-3-5-7-9-15-32-27-14-12-24(22-34)19-29(27)33(16-10-8-6-4-2)26-13-11-23(18-28(26)32)17-25(20-30)21-31/h11-14,17-19,22H,3-10,15-16H2,1-2H3. The number of aldehydes is 1. The summed E-state index contributed by atoms with van der Waals surface area (Å²) in [6.45, 7) is 6.18. The van der Waals surface area contributed by atoms with Gasteiger partial charge in [0.25, 0.3) is 0 Å². The Bertz CT molecular complexity index is 1090. The Kier molecular flexibility index (Phi) is 9.30. The average Bonchev–Trinajstić information content (AvgIpc) is 2.87. The molecule has 0 saturated heterocycles. The highest BCUT2D eigenvalue weighted by Crippen LogP contribution is 2.49. The number of benzene rings is 2. The summed E-state index contributed by atoms with van der Waals surface area (Å²) >= 11 is 0. The summed E-state index contributed by atoms with van der Waals surface area (Å²) in [5.74, 6) is 0. The van der Waals surface area contributed by atoms with Crippen LogP contribution in [0.4, 0.5) is 22.7 Å². The number of carbonyl (C=O) groups excluding carboxylic acids is 1. The van der Waals surface area contributed by atoms with E-state index >= 15 is 0 Å². The first-order valence-electron chi connectivity index (χ1n) is 12.5. The average molecular weight is 455 g/mol. The van der Waals surface area contributed by atoms with Gasteiger partial charge in [-0.1, -0.05) is 58.4 Å². The number of allylic oxidation sites excluding steroid dienone is 1. The molecule has 5 nitrogen and oxygen atoms in total. The number of carbonyl (C=O) groups is 1. The fraction of sp³-hybridized carbons (Fsp3) is 0.414. The number of unbranched alkanes of at least 4 members (excludes halogenated alkanes) is 6. The van der Waals surface area contributed by atoms with Crippen molar-refractivity contribution < 1.29 is 4.79 Å². The topological polar surface area (TPSA) is 71.1 Å². The summed E-state index contributed by atoms with van der Waals surface area (Å²) in [5, 5.41) is 18.4. The smallest absolute Gasteiger partial charge is 0.150 e. The molecule has 1 heterocycles. The second-order valence-corrected chi connectivity index (χ2v) is 8.82. The highest BCUT2D eigenvalue weighted by molar-refractivity contribution is 5.96. The third-order valence-corrected chi connectivity index (χ3v) is 6.32. The van der Waals surface area contributed by atoms with Crippen LogP contribution in [-0.2, 0) is 0 Å². The van der Waals surface area contributed by atoms with Crippen LogP contribution in [0.2, 0.25) is 0 Å². The van der Waals surface area contributed by atoms with Gasteiger partial charge in [0.1, 0.15) is 24.0 Å². The number of anilines is 4. The lowest BCUT2D eigenvalue weighted by Crippen LogP contribution is -2.31. The maximum atomic E-state index is 11.6. The Balaban J connectivity index is 2.08. The first-order valence-corrected chi connectivity index (χ1v) is 12.5. The lowest BCUT2D eigenvalue weighted by Gasteiger charge is -2.41. The predicted octanol–water partition coefficient (Wildman–Crippen LogP) is 7.68. The van der Waals surface area contributed by atoms with Gasteiger partial charge in [0.15, 0.2) is 0 Å². The molecule has 0 unspecified atom stereocenters. The molecule has 2 aromatic rings. The van der Waals surface area contributed by atoms with Gasteiger partial charge in [0.2, 0.25) is 0 Å². The number of fused-ring (bicyclic) bond motifs is 2. The van der Waals surface area contributed by atoms with Crippen LogP contribution in [0.1, 0.15) is 81.1 Å². The Hall–Kier alpha value is -3.57. The molecule has 0 N–H and O–H groups in total. The van der Waals surface area contributed by atoms with Crippen molar-refractivity contribution in [1.82, 2.24) is 0 Å². The number of rotatable bonds is 12. The summed E-state index contributed by atoms with van der Waals surface area (Å²) in [5.41, 5.74) is 5.98. The Morgan fingerprint density at radius 3 is 1.71 bits per heavy atom. The second-order valence-electron chi connectivity index (χ2n) is 8.82. The molecular formula is C29H34N4O. The molecule has 0 saturated carbocycles. The minimum atomic E-state index is 0.0951. The molecule has 0 radical (unpaired) electrons. The zero-order chi connectivity index (χ0) is 24.3. The van der Waals surface area contributed by atoms with E-state index in [0.29, 0.717) is 5.56 Å². The van der Waals surface area contributed by atoms with Gasteiger partial charge < -0.3 is 9.80 Å². The van der Waals surface area contributed by atoms with Gasteiger partial charge in [0.05, 0.1) is 22.7 Å². The molecule has 1 aliphatic heterocycles. The van der Waals surface area contributed by atoms with Crippen molar-refractivity contribution >= 4 is 35.1 Å². The first-order chi connectivity index (χ1) is 16.7. The van der Waals surface area contributed by atoms with Crippen LogP contribution in [0, 0.1) is 22.7 Å². The molecule has 2 aromatic carbocycles. The van der Waals surface area contributed by atoms with Gasteiger partial charge in [0, 0.05) is 18.7 Å². The second kappa shape index (κ2) is 12.6. The third kappa shape index (κ3) is 5.86. The molecule has 3 rings (SSSR count). The third-order valence-electron chi connectivity index (χ3n) is 6.32. The quantitative estimate of drug-likeness (QED) is 0.187. The Morgan fingerprint density at radius 1 is 0.735 bits per heavy atom. The van der Waals surface area contributed by atoms with Crippen LogP contribution < -0.4 is 9.80 Å². The molecule has 34 heavy (non-hydrogen) atoms. The molecule has 176 valence electrons. The molecule has 0 aromatic heterocycles. The molecule has 0 bridgehead atoms. The largest absolute Gasteiger partial charge is 0.338 e. The van der Waals surface area contributed by atoms with Crippen LogP contribution >= 0.6 is 0 Å². The van der Waals surface area contributed by atoms with Crippen molar-refractivity contribution in [2.24, 2.45) is 0 Å². The Morgan fingerprint density at radius 2 is 1.24 bits per heavy atom. The number of hydrogen-bond donors (Lipinski definition) is 0. The van der Waals surface area contributed by atoms with E-state index in [9.17, 15) is 15.3 Å². The SMILES string of the molecule is CCCCCCN1c2ccc(C=C(C#N)C#N)cc2N(CCCCCC)c2ccc(C=O)cc21. The lowest BCUT2D eigenvalue weighted by atomic mass is 10.0. The van der Waals surface area contributed by atoms with E-state index in [0.717, 1.165) is 67.0 Å². The molecule has 0 aliphatic carbocycles. The number of hydrogen-bond acceptors (Lipinski definition) is 5. The van der Waals surface area contributed by atoms with Crippen molar-refractivity contribution in [3.63, 3.8) is 0 Å². The highest BCUT2D eigenvalue weighted by atomic mass is 16.1. The summed E-state index contributed by atoms with van der Waals surface area (Å²) in [4.78, 5) is 16.3. The van der Waals surface area contributed by atoms with Gasteiger partial charge in [-0.05, 0) is 54.8 Å². The summed E-state index contributed by atoms with van der Waals surface area (Å²) in [6, 6.07) is 16.0. The van der Waals surface area contributed by atoms with Crippen LogP contribution in [0.25, 0.3) is 6.08 Å². The monoisotopic (exact) mass is 454 g/mol.